The molecule has 22 heavy (non-hydrogen) atoms. The van der Waals surface area contributed by atoms with E-state index in [9.17, 15) is 9.18 Å². The Morgan fingerprint density at radius 3 is 2.91 bits per heavy atom. The number of likely N-dealkylation sites (tertiary alicyclic amines) is 1. The van der Waals surface area contributed by atoms with Crippen molar-refractivity contribution in [2.24, 2.45) is 0 Å². The van der Waals surface area contributed by atoms with E-state index in [1.165, 1.54) is 12.1 Å². The van der Waals surface area contributed by atoms with Gasteiger partial charge in [-0.1, -0.05) is 12.1 Å². The van der Waals surface area contributed by atoms with Crippen molar-refractivity contribution in [2.45, 2.75) is 18.9 Å². The third-order valence-corrected chi connectivity index (χ3v) is 4.04. The molecule has 0 spiro atoms. The Bertz CT molecular complexity index is 662. The van der Waals surface area contributed by atoms with Gasteiger partial charge in [-0.05, 0) is 50.7 Å². The van der Waals surface area contributed by atoms with E-state index in [1.54, 1.807) is 18.3 Å². The lowest BCUT2D eigenvalue weighted by Crippen LogP contribution is -2.43. The van der Waals surface area contributed by atoms with Crippen molar-refractivity contribution in [3.05, 3.63) is 42.0 Å². The average Bonchev–Trinajstić information content (AvgIpc) is 2.99. The van der Waals surface area contributed by atoms with Crippen molar-refractivity contribution in [1.29, 1.82) is 0 Å². The molecule has 1 fully saturated rings. The molecule has 1 aliphatic heterocycles. The number of carbonyl (C=O) groups is 1. The number of benzene rings is 1. The Kier molecular flexibility index (Phi) is 4.20. The summed E-state index contributed by atoms with van der Waals surface area (Å²) in [5, 5.41) is 9.76. The number of amides is 1. The third-order valence-electron chi connectivity index (χ3n) is 4.04. The van der Waals surface area contributed by atoms with Crippen LogP contribution in [0.1, 0.15) is 23.3 Å². The molecule has 1 amide bonds. The lowest BCUT2D eigenvalue weighted by atomic mass is 10.0. The van der Waals surface area contributed by atoms with E-state index in [2.05, 4.69) is 27.5 Å². The van der Waals surface area contributed by atoms with Crippen LogP contribution in [-0.2, 0) is 0 Å². The summed E-state index contributed by atoms with van der Waals surface area (Å²) < 4.78 is 13.4. The average molecular weight is 302 g/mol. The largest absolute Gasteiger partial charge is 0.348 e. The molecule has 1 aromatic heterocycles. The molecule has 2 aromatic rings. The molecule has 6 heteroatoms. The van der Waals surface area contributed by atoms with Crippen LogP contribution >= 0.6 is 0 Å². The number of aromatic amines is 1. The Labute approximate surface area is 128 Å². The molecule has 0 atom stereocenters. The zero-order valence-electron chi connectivity index (χ0n) is 12.5. The van der Waals surface area contributed by atoms with Crippen LogP contribution < -0.4 is 5.32 Å². The molecule has 1 aromatic carbocycles. The smallest absolute Gasteiger partial charge is 0.272 e. The maximum atomic E-state index is 13.4. The summed E-state index contributed by atoms with van der Waals surface area (Å²) in [6.07, 6.45) is 3.49. The molecule has 0 bridgehead atoms. The first-order valence-corrected chi connectivity index (χ1v) is 7.42. The minimum Gasteiger partial charge on any atom is -0.348 e. The number of nitrogens with zero attached hydrogens (tertiary/aromatic N) is 2. The highest BCUT2D eigenvalue weighted by Gasteiger charge is 2.22. The molecule has 0 unspecified atom stereocenters. The predicted octanol–water partition coefficient (Wildman–Crippen LogP) is 2.04. The molecule has 1 aliphatic rings. The number of piperidine rings is 1. The van der Waals surface area contributed by atoms with Gasteiger partial charge in [-0.15, -0.1) is 0 Å². The van der Waals surface area contributed by atoms with Gasteiger partial charge in [0.1, 0.15) is 5.82 Å². The second-order valence-corrected chi connectivity index (χ2v) is 5.71. The molecule has 0 saturated carbocycles. The molecule has 2 heterocycles. The van der Waals surface area contributed by atoms with Gasteiger partial charge in [0.2, 0.25) is 0 Å². The van der Waals surface area contributed by atoms with Gasteiger partial charge >= 0.3 is 0 Å². The van der Waals surface area contributed by atoms with Crippen LogP contribution in [0.5, 0.6) is 0 Å². The predicted molar refractivity (Wildman–Crippen MR) is 82.0 cm³/mol. The Balaban J connectivity index is 1.75. The van der Waals surface area contributed by atoms with Gasteiger partial charge in [0.15, 0.2) is 5.69 Å². The maximum Gasteiger partial charge on any atom is 0.272 e. The topological polar surface area (TPSA) is 61.0 Å². The zero-order chi connectivity index (χ0) is 15.5. The zero-order valence-corrected chi connectivity index (χ0v) is 12.5. The van der Waals surface area contributed by atoms with Crippen molar-refractivity contribution >= 4 is 5.91 Å². The van der Waals surface area contributed by atoms with Gasteiger partial charge in [-0.3, -0.25) is 9.89 Å². The first-order valence-electron chi connectivity index (χ1n) is 7.42. The number of nitrogens with one attached hydrogen (secondary N) is 2. The van der Waals surface area contributed by atoms with Gasteiger partial charge in [-0.25, -0.2) is 4.39 Å². The minimum atomic E-state index is -0.333. The van der Waals surface area contributed by atoms with Gasteiger partial charge < -0.3 is 10.2 Å². The lowest BCUT2D eigenvalue weighted by molar-refractivity contribution is 0.0912. The number of halogens is 1. The lowest BCUT2D eigenvalue weighted by Gasteiger charge is -2.29. The Morgan fingerprint density at radius 1 is 1.41 bits per heavy atom. The number of hydrogen-bond acceptors (Lipinski definition) is 3. The number of H-pyrrole nitrogens is 1. The first kappa shape index (κ1) is 14.7. The summed E-state index contributed by atoms with van der Waals surface area (Å²) in [5.41, 5.74) is 1.57. The molecule has 3 rings (SSSR count). The SMILES string of the molecule is CN1CCC(NC(=O)c2n[nH]cc2-c2cccc(F)c2)CC1. The normalized spacial score (nSPS) is 16.6. The van der Waals surface area contributed by atoms with E-state index >= 15 is 0 Å². The summed E-state index contributed by atoms with van der Waals surface area (Å²) in [7, 11) is 2.08. The second kappa shape index (κ2) is 6.27. The first-order chi connectivity index (χ1) is 10.6. The fraction of sp³-hybridized carbons (Fsp3) is 0.375. The number of hydrogen-bond donors (Lipinski definition) is 2. The summed E-state index contributed by atoms with van der Waals surface area (Å²) >= 11 is 0. The summed E-state index contributed by atoms with van der Waals surface area (Å²) in [5.74, 6) is -0.546. The van der Waals surface area contributed by atoms with E-state index < -0.39 is 0 Å². The van der Waals surface area contributed by atoms with Crippen LogP contribution in [0, 0.1) is 5.82 Å². The highest BCUT2D eigenvalue weighted by Crippen LogP contribution is 2.23. The molecular formula is C16H19FN4O. The van der Waals surface area contributed by atoms with Crippen LogP contribution in [0.2, 0.25) is 0 Å². The summed E-state index contributed by atoms with van der Waals surface area (Å²) in [6, 6.07) is 6.33. The van der Waals surface area contributed by atoms with E-state index in [1.807, 2.05) is 0 Å². The standard InChI is InChI=1S/C16H19FN4O/c1-21-7-5-13(6-8-21)19-16(22)15-14(10-18-20-15)11-3-2-4-12(17)9-11/h2-4,9-10,13H,5-8H2,1H3,(H,18,20)(H,19,22). The molecule has 1 saturated heterocycles. The summed E-state index contributed by atoms with van der Waals surface area (Å²) in [6.45, 7) is 1.95. The van der Waals surface area contributed by atoms with Gasteiger partial charge in [0, 0.05) is 17.8 Å². The number of aromatic nitrogens is 2. The summed E-state index contributed by atoms with van der Waals surface area (Å²) in [4.78, 5) is 14.7. The van der Waals surface area contributed by atoms with E-state index in [-0.39, 0.29) is 17.8 Å². The highest BCUT2D eigenvalue weighted by atomic mass is 19.1. The van der Waals surface area contributed by atoms with E-state index in [0.29, 0.717) is 16.8 Å². The number of rotatable bonds is 3. The van der Waals surface area contributed by atoms with Gasteiger partial charge in [0.05, 0.1) is 0 Å². The van der Waals surface area contributed by atoms with Gasteiger partial charge in [0.25, 0.3) is 5.91 Å². The second-order valence-electron chi connectivity index (χ2n) is 5.71. The maximum absolute atomic E-state index is 13.4. The Hall–Kier alpha value is -2.21. The highest BCUT2D eigenvalue weighted by molar-refractivity contribution is 5.99. The van der Waals surface area contributed by atoms with Gasteiger partial charge in [-0.2, -0.15) is 5.10 Å². The van der Waals surface area contributed by atoms with Crippen molar-refractivity contribution in [1.82, 2.24) is 20.4 Å². The molecule has 0 radical (unpaired) electrons. The van der Waals surface area contributed by atoms with Crippen LogP contribution in [0.3, 0.4) is 0 Å². The van der Waals surface area contributed by atoms with E-state index in [4.69, 9.17) is 0 Å². The fourth-order valence-corrected chi connectivity index (χ4v) is 2.75. The van der Waals surface area contributed by atoms with Crippen molar-refractivity contribution in [3.8, 4) is 11.1 Å². The molecular weight excluding hydrogens is 283 g/mol. The molecule has 0 aliphatic carbocycles. The van der Waals surface area contributed by atoms with Crippen LogP contribution in [-0.4, -0.2) is 47.2 Å². The van der Waals surface area contributed by atoms with Crippen LogP contribution in [0.25, 0.3) is 11.1 Å². The van der Waals surface area contributed by atoms with Crippen molar-refractivity contribution in [2.75, 3.05) is 20.1 Å². The number of carbonyl (C=O) groups excluding carboxylic acids is 1. The van der Waals surface area contributed by atoms with Crippen molar-refractivity contribution < 1.29 is 9.18 Å². The minimum absolute atomic E-state index is 0.167. The van der Waals surface area contributed by atoms with Crippen LogP contribution in [0.4, 0.5) is 4.39 Å². The molecule has 2 N–H and O–H groups in total. The monoisotopic (exact) mass is 302 g/mol. The third kappa shape index (κ3) is 3.17. The van der Waals surface area contributed by atoms with E-state index in [0.717, 1.165) is 25.9 Å². The fourth-order valence-electron chi connectivity index (χ4n) is 2.75. The molecule has 116 valence electrons. The quantitative estimate of drug-likeness (QED) is 0.912. The Morgan fingerprint density at radius 2 is 2.18 bits per heavy atom. The van der Waals surface area contributed by atoms with Crippen molar-refractivity contribution in [3.63, 3.8) is 0 Å². The molecule has 5 nitrogen and oxygen atoms in total. The van der Waals surface area contributed by atoms with Crippen LogP contribution in [0.15, 0.2) is 30.5 Å².